The summed E-state index contributed by atoms with van der Waals surface area (Å²) < 4.78 is 10.9. The molecule has 0 aliphatic carbocycles. The number of nitrogens with zero attached hydrogens (tertiary/aromatic N) is 1. The number of ether oxygens (including phenoxy) is 2. The number of carbonyl (C=O) groups excluding carboxylic acids is 2. The molecule has 1 aliphatic rings. The molecule has 0 saturated heterocycles. The summed E-state index contributed by atoms with van der Waals surface area (Å²) in [4.78, 5) is 27.6. The van der Waals surface area contributed by atoms with Gasteiger partial charge in [0, 0.05) is 20.1 Å². The third kappa shape index (κ3) is 6.38. The highest BCUT2D eigenvalue weighted by molar-refractivity contribution is 5.99. The number of hydrogen-bond donors (Lipinski definition) is 3. The Morgan fingerprint density at radius 2 is 1.91 bits per heavy atom. The van der Waals surface area contributed by atoms with Crippen molar-refractivity contribution in [1.29, 1.82) is 0 Å². The Labute approximate surface area is 189 Å². The maximum absolute atomic E-state index is 13.1. The number of fused-ring (bicyclic) bond motifs is 1. The molecule has 3 N–H and O–H groups in total. The molecule has 8 heteroatoms. The summed E-state index contributed by atoms with van der Waals surface area (Å²) in [7, 11) is 1.23. The minimum absolute atomic E-state index is 0.00408. The molecule has 0 aromatic heterocycles. The van der Waals surface area contributed by atoms with E-state index < -0.39 is 36.1 Å². The van der Waals surface area contributed by atoms with Crippen molar-refractivity contribution in [3.05, 3.63) is 36.4 Å². The van der Waals surface area contributed by atoms with Crippen molar-refractivity contribution in [3.63, 3.8) is 0 Å². The number of aliphatic hydroxyl groups excluding tert-OH is 3. The SMILES string of the molecule is CCN1C(=O)C(CC(=O)[C@H](OC)[C@H](O)[C@@H](O)[C@H](O)/C=C/C(C)(C)C)COc2ccccc21. The Morgan fingerprint density at radius 3 is 2.50 bits per heavy atom. The first kappa shape index (κ1) is 26.0. The van der Waals surface area contributed by atoms with Gasteiger partial charge in [-0.3, -0.25) is 9.59 Å². The van der Waals surface area contributed by atoms with E-state index in [1.807, 2.05) is 33.8 Å². The van der Waals surface area contributed by atoms with Crippen LogP contribution in [0.4, 0.5) is 5.69 Å². The van der Waals surface area contributed by atoms with E-state index in [-0.39, 0.29) is 24.3 Å². The van der Waals surface area contributed by atoms with Gasteiger partial charge in [0.25, 0.3) is 0 Å². The summed E-state index contributed by atoms with van der Waals surface area (Å²) in [6, 6.07) is 7.16. The maximum Gasteiger partial charge on any atom is 0.234 e. The third-order valence-electron chi connectivity index (χ3n) is 5.35. The molecular weight excluding hydrogens is 414 g/mol. The number of para-hydroxylation sites is 2. The first-order chi connectivity index (χ1) is 15.0. The van der Waals surface area contributed by atoms with Gasteiger partial charge in [0.2, 0.25) is 5.91 Å². The Balaban J connectivity index is 2.12. The molecule has 1 aromatic rings. The lowest BCUT2D eigenvalue weighted by molar-refractivity contribution is -0.149. The average Bonchev–Trinajstić information content (AvgIpc) is 2.87. The summed E-state index contributed by atoms with van der Waals surface area (Å²) in [5.74, 6) is -1.04. The van der Waals surface area contributed by atoms with Gasteiger partial charge >= 0.3 is 0 Å². The Morgan fingerprint density at radius 1 is 1.25 bits per heavy atom. The van der Waals surface area contributed by atoms with Crippen LogP contribution in [0.5, 0.6) is 5.75 Å². The largest absolute Gasteiger partial charge is 0.491 e. The fourth-order valence-corrected chi connectivity index (χ4v) is 3.58. The summed E-state index contributed by atoms with van der Waals surface area (Å²) in [5.41, 5.74) is 0.410. The van der Waals surface area contributed by atoms with Crippen molar-refractivity contribution >= 4 is 17.4 Å². The third-order valence-corrected chi connectivity index (χ3v) is 5.35. The number of ketones is 1. The number of rotatable bonds is 9. The molecular formula is C24H35NO7. The second kappa shape index (κ2) is 11.0. The number of Topliss-reactive ketones (excluding diaryl/α,β-unsaturated/α-hetero) is 1. The Hall–Kier alpha value is -2.26. The van der Waals surface area contributed by atoms with Crippen LogP contribution in [-0.2, 0) is 14.3 Å². The van der Waals surface area contributed by atoms with E-state index in [1.165, 1.54) is 13.2 Å². The molecule has 0 fully saturated rings. The zero-order valence-electron chi connectivity index (χ0n) is 19.4. The van der Waals surface area contributed by atoms with Crippen molar-refractivity contribution in [2.24, 2.45) is 11.3 Å². The van der Waals surface area contributed by atoms with E-state index in [9.17, 15) is 24.9 Å². The molecule has 1 amide bonds. The summed E-state index contributed by atoms with van der Waals surface area (Å²) in [5, 5.41) is 31.1. The molecule has 0 saturated carbocycles. The van der Waals surface area contributed by atoms with Crippen LogP contribution in [0.1, 0.15) is 34.1 Å². The summed E-state index contributed by atoms with van der Waals surface area (Å²) in [6.07, 6.45) is -3.26. The highest BCUT2D eigenvalue weighted by Crippen LogP contribution is 2.33. The van der Waals surface area contributed by atoms with Gasteiger partial charge in [0.1, 0.15) is 36.8 Å². The lowest BCUT2D eigenvalue weighted by Gasteiger charge is -2.28. The van der Waals surface area contributed by atoms with Gasteiger partial charge < -0.3 is 29.7 Å². The molecule has 32 heavy (non-hydrogen) atoms. The number of hydrogen-bond acceptors (Lipinski definition) is 7. The molecule has 0 spiro atoms. The number of allylic oxidation sites excluding steroid dienone is 1. The molecule has 8 nitrogen and oxygen atoms in total. The first-order valence-electron chi connectivity index (χ1n) is 10.8. The van der Waals surface area contributed by atoms with E-state index in [0.29, 0.717) is 18.0 Å². The van der Waals surface area contributed by atoms with Crippen molar-refractivity contribution < 1.29 is 34.4 Å². The predicted octanol–water partition coefficient (Wildman–Crippen LogP) is 1.71. The van der Waals surface area contributed by atoms with Crippen molar-refractivity contribution in [3.8, 4) is 5.75 Å². The fraction of sp³-hybridized carbons (Fsp3) is 0.583. The molecule has 2 rings (SSSR count). The van der Waals surface area contributed by atoms with Crippen molar-refractivity contribution in [2.75, 3.05) is 25.2 Å². The normalized spacial score (nSPS) is 20.8. The van der Waals surface area contributed by atoms with Crippen LogP contribution in [0.25, 0.3) is 0 Å². The monoisotopic (exact) mass is 449 g/mol. The molecule has 1 aromatic carbocycles. The minimum atomic E-state index is -1.67. The Kier molecular flexibility index (Phi) is 8.98. The van der Waals surface area contributed by atoms with Gasteiger partial charge in [0.05, 0.1) is 11.6 Å². The van der Waals surface area contributed by atoms with Crippen molar-refractivity contribution in [1.82, 2.24) is 0 Å². The highest BCUT2D eigenvalue weighted by Gasteiger charge is 2.39. The van der Waals surface area contributed by atoms with Crippen LogP contribution >= 0.6 is 0 Å². The second-order valence-corrected chi connectivity index (χ2v) is 9.08. The molecule has 178 valence electrons. The van der Waals surface area contributed by atoms with Crippen LogP contribution in [0, 0.1) is 11.3 Å². The topological polar surface area (TPSA) is 117 Å². The number of amides is 1. The van der Waals surface area contributed by atoms with E-state index in [0.717, 1.165) is 0 Å². The Bertz CT molecular complexity index is 817. The van der Waals surface area contributed by atoms with Crippen LogP contribution in [-0.4, -0.2) is 71.7 Å². The van der Waals surface area contributed by atoms with E-state index in [4.69, 9.17) is 9.47 Å². The van der Waals surface area contributed by atoms with Gasteiger partial charge in [0.15, 0.2) is 5.78 Å². The lowest BCUT2D eigenvalue weighted by atomic mass is 9.91. The smallest absolute Gasteiger partial charge is 0.234 e. The van der Waals surface area contributed by atoms with E-state index >= 15 is 0 Å². The van der Waals surface area contributed by atoms with Crippen molar-refractivity contribution in [2.45, 2.75) is 58.5 Å². The van der Waals surface area contributed by atoms with Gasteiger partial charge in [-0.1, -0.05) is 45.1 Å². The van der Waals surface area contributed by atoms with Gasteiger partial charge in [-0.15, -0.1) is 0 Å². The maximum atomic E-state index is 13.1. The molecule has 0 bridgehead atoms. The molecule has 1 heterocycles. The van der Waals surface area contributed by atoms with E-state index in [2.05, 4.69) is 0 Å². The second-order valence-electron chi connectivity index (χ2n) is 9.08. The van der Waals surface area contributed by atoms with Gasteiger partial charge in [-0.2, -0.15) is 0 Å². The average molecular weight is 450 g/mol. The standard InChI is InChI=1S/C24H35NO7/c1-6-25-16-9-7-8-10-19(16)32-14-15(23(25)30)13-18(27)22(31-5)21(29)20(28)17(26)11-12-24(2,3)4/h7-12,15,17,20-22,26,28-29H,6,13-14H2,1-5H3/b12-11+/t15?,17-,20+,21-,22+/m1/s1. The molecule has 5 atom stereocenters. The highest BCUT2D eigenvalue weighted by atomic mass is 16.5. The van der Waals surface area contributed by atoms with Crippen LogP contribution in [0.3, 0.4) is 0 Å². The number of carbonyl (C=O) groups is 2. The van der Waals surface area contributed by atoms with Gasteiger partial charge in [-0.05, 0) is 24.5 Å². The summed E-state index contributed by atoms with van der Waals surface area (Å²) >= 11 is 0. The van der Waals surface area contributed by atoms with Gasteiger partial charge in [-0.25, -0.2) is 0 Å². The molecule has 1 unspecified atom stereocenters. The number of benzene rings is 1. The quantitative estimate of drug-likeness (QED) is 0.492. The number of anilines is 1. The molecule has 1 aliphatic heterocycles. The number of methoxy groups -OCH3 is 1. The minimum Gasteiger partial charge on any atom is -0.491 e. The molecule has 0 radical (unpaired) electrons. The zero-order chi connectivity index (χ0) is 24.1. The van der Waals surface area contributed by atoms with Crippen LogP contribution in [0.15, 0.2) is 36.4 Å². The fourth-order valence-electron chi connectivity index (χ4n) is 3.58. The predicted molar refractivity (Wildman–Crippen MR) is 120 cm³/mol. The number of aliphatic hydroxyl groups is 3. The first-order valence-corrected chi connectivity index (χ1v) is 10.8. The zero-order valence-corrected chi connectivity index (χ0v) is 19.4. The van der Waals surface area contributed by atoms with Crippen LogP contribution in [0.2, 0.25) is 0 Å². The van der Waals surface area contributed by atoms with Crippen LogP contribution < -0.4 is 9.64 Å². The lowest BCUT2D eigenvalue weighted by Crippen LogP contribution is -2.49. The van der Waals surface area contributed by atoms with E-state index in [1.54, 1.807) is 29.2 Å². The summed E-state index contributed by atoms with van der Waals surface area (Å²) in [6.45, 7) is 8.01.